The molecule has 1 saturated heterocycles. The molecule has 8 heteroatoms. The number of carbonyl (C=O) groups excluding carboxylic acids is 1. The topological polar surface area (TPSA) is 77.0 Å². The predicted octanol–water partition coefficient (Wildman–Crippen LogP) is 1.62. The van der Waals surface area contributed by atoms with Crippen LogP contribution >= 0.6 is 11.6 Å². The number of primary amides is 1. The van der Waals surface area contributed by atoms with E-state index in [1.54, 1.807) is 16.9 Å². The molecule has 0 spiro atoms. The third-order valence-corrected chi connectivity index (χ3v) is 4.08. The summed E-state index contributed by atoms with van der Waals surface area (Å²) in [6.45, 7) is 2.26. The third-order valence-electron chi connectivity index (χ3n) is 3.77. The Labute approximate surface area is 131 Å². The van der Waals surface area contributed by atoms with Crippen molar-refractivity contribution in [3.8, 4) is 0 Å². The van der Waals surface area contributed by atoms with Crippen LogP contribution in [0.3, 0.4) is 0 Å². The van der Waals surface area contributed by atoms with E-state index in [0.717, 1.165) is 25.1 Å². The maximum atomic E-state index is 13.5. The lowest BCUT2D eigenvalue weighted by Crippen LogP contribution is -2.21. The van der Waals surface area contributed by atoms with E-state index in [0.29, 0.717) is 6.54 Å². The molecule has 1 unspecified atom stereocenters. The first-order chi connectivity index (χ1) is 10.5. The summed E-state index contributed by atoms with van der Waals surface area (Å²) in [6, 6.07) is 4.98. The Morgan fingerprint density at radius 3 is 3.00 bits per heavy atom. The van der Waals surface area contributed by atoms with E-state index >= 15 is 0 Å². The van der Waals surface area contributed by atoms with Gasteiger partial charge in [0.05, 0.1) is 17.3 Å². The van der Waals surface area contributed by atoms with Crippen molar-refractivity contribution >= 4 is 17.5 Å². The molecule has 116 valence electrons. The third kappa shape index (κ3) is 3.10. The van der Waals surface area contributed by atoms with Crippen molar-refractivity contribution in [1.82, 2.24) is 19.9 Å². The summed E-state index contributed by atoms with van der Waals surface area (Å²) < 4.78 is 15.1. The van der Waals surface area contributed by atoms with Crippen LogP contribution in [0.25, 0.3) is 0 Å². The number of halogens is 2. The summed E-state index contributed by atoms with van der Waals surface area (Å²) in [5.41, 5.74) is 6.21. The Kier molecular flexibility index (Phi) is 4.08. The zero-order chi connectivity index (χ0) is 15.7. The van der Waals surface area contributed by atoms with E-state index in [-0.39, 0.29) is 16.8 Å². The van der Waals surface area contributed by atoms with Crippen LogP contribution in [0.1, 0.15) is 28.5 Å². The number of nitrogens with zero attached hydrogens (tertiary/aromatic N) is 4. The molecule has 1 aromatic heterocycles. The number of likely N-dealkylation sites (tertiary alicyclic amines) is 1. The highest BCUT2D eigenvalue weighted by molar-refractivity contribution is 6.30. The van der Waals surface area contributed by atoms with E-state index in [4.69, 9.17) is 17.3 Å². The zero-order valence-electron chi connectivity index (χ0n) is 11.7. The van der Waals surface area contributed by atoms with Crippen LogP contribution in [0.2, 0.25) is 5.02 Å². The minimum Gasteiger partial charge on any atom is -0.364 e. The molecule has 1 aliphatic heterocycles. The second-order valence-corrected chi connectivity index (χ2v) is 5.78. The second kappa shape index (κ2) is 6.02. The fraction of sp³-hybridized carbons (Fsp3) is 0.357. The molecule has 1 atom stereocenters. The molecule has 0 saturated carbocycles. The van der Waals surface area contributed by atoms with Gasteiger partial charge in [0.15, 0.2) is 5.69 Å². The summed E-state index contributed by atoms with van der Waals surface area (Å²) in [7, 11) is 0. The first-order valence-corrected chi connectivity index (χ1v) is 7.28. The van der Waals surface area contributed by atoms with Gasteiger partial charge in [-0.1, -0.05) is 22.9 Å². The molecule has 2 heterocycles. The Morgan fingerprint density at radius 1 is 1.50 bits per heavy atom. The van der Waals surface area contributed by atoms with Crippen molar-refractivity contribution in [2.75, 3.05) is 13.1 Å². The Morgan fingerprint density at radius 2 is 2.32 bits per heavy atom. The standard InChI is InChI=1S/C14H15ClFN5O/c15-11-2-1-9(5-12(11)16)6-20-4-3-10(7-20)21-8-13(14(17)22)18-19-21/h1-2,5,8,10H,3-4,6-7H2,(H2,17,22). The van der Waals surface area contributed by atoms with Crippen LogP contribution in [0.4, 0.5) is 4.39 Å². The largest absolute Gasteiger partial charge is 0.364 e. The Balaban J connectivity index is 1.64. The van der Waals surface area contributed by atoms with Gasteiger partial charge in [-0.15, -0.1) is 5.10 Å². The van der Waals surface area contributed by atoms with Crippen molar-refractivity contribution in [3.63, 3.8) is 0 Å². The van der Waals surface area contributed by atoms with E-state index in [1.165, 1.54) is 6.07 Å². The second-order valence-electron chi connectivity index (χ2n) is 5.37. The summed E-state index contributed by atoms with van der Waals surface area (Å²) in [4.78, 5) is 13.2. The molecule has 0 radical (unpaired) electrons. The van der Waals surface area contributed by atoms with Gasteiger partial charge in [0.1, 0.15) is 5.82 Å². The molecule has 1 aliphatic rings. The van der Waals surface area contributed by atoms with E-state index < -0.39 is 11.7 Å². The van der Waals surface area contributed by atoms with Gasteiger partial charge in [0.25, 0.3) is 5.91 Å². The summed E-state index contributed by atoms with van der Waals surface area (Å²) in [5.74, 6) is -0.991. The fourth-order valence-electron chi connectivity index (χ4n) is 2.64. The highest BCUT2D eigenvalue weighted by Gasteiger charge is 2.25. The molecule has 2 N–H and O–H groups in total. The number of hydrogen-bond acceptors (Lipinski definition) is 4. The quantitative estimate of drug-likeness (QED) is 0.927. The summed E-state index contributed by atoms with van der Waals surface area (Å²) in [6.07, 6.45) is 2.45. The van der Waals surface area contributed by atoms with Gasteiger partial charge in [-0.25, -0.2) is 9.07 Å². The molecule has 3 rings (SSSR count). The number of carbonyl (C=O) groups is 1. The van der Waals surface area contributed by atoms with E-state index in [1.807, 2.05) is 6.07 Å². The zero-order valence-corrected chi connectivity index (χ0v) is 12.5. The molecule has 1 amide bonds. The number of nitrogens with two attached hydrogens (primary N) is 1. The van der Waals surface area contributed by atoms with Crippen LogP contribution < -0.4 is 5.73 Å². The smallest absolute Gasteiger partial charge is 0.270 e. The van der Waals surface area contributed by atoms with Gasteiger partial charge >= 0.3 is 0 Å². The molecule has 6 nitrogen and oxygen atoms in total. The lowest BCUT2D eigenvalue weighted by Gasteiger charge is -2.16. The average molecular weight is 324 g/mol. The predicted molar refractivity (Wildman–Crippen MR) is 78.9 cm³/mol. The van der Waals surface area contributed by atoms with Gasteiger partial charge in [0.2, 0.25) is 0 Å². The SMILES string of the molecule is NC(=O)c1cn(C2CCN(Cc3ccc(Cl)c(F)c3)C2)nn1. The van der Waals surface area contributed by atoms with Crippen molar-refractivity contribution in [1.29, 1.82) is 0 Å². The number of rotatable bonds is 4. The van der Waals surface area contributed by atoms with Gasteiger partial charge in [0, 0.05) is 19.6 Å². The van der Waals surface area contributed by atoms with E-state index in [9.17, 15) is 9.18 Å². The number of amides is 1. The lowest BCUT2D eigenvalue weighted by molar-refractivity contribution is 0.0995. The first kappa shape index (κ1) is 14.9. The minimum absolute atomic E-state index is 0.129. The Hall–Kier alpha value is -1.99. The lowest BCUT2D eigenvalue weighted by atomic mass is 10.2. The van der Waals surface area contributed by atoms with Gasteiger partial charge in [-0.05, 0) is 24.1 Å². The van der Waals surface area contributed by atoms with Crippen LogP contribution in [0.5, 0.6) is 0 Å². The summed E-state index contributed by atoms with van der Waals surface area (Å²) >= 11 is 5.68. The van der Waals surface area contributed by atoms with Crippen molar-refractivity contribution < 1.29 is 9.18 Å². The molecule has 1 aromatic carbocycles. The molecule has 1 fully saturated rings. The van der Waals surface area contributed by atoms with Crippen molar-refractivity contribution in [2.45, 2.75) is 19.0 Å². The minimum atomic E-state index is -0.585. The molecule has 22 heavy (non-hydrogen) atoms. The maximum Gasteiger partial charge on any atom is 0.270 e. The fourth-order valence-corrected chi connectivity index (χ4v) is 2.75. The van der Waals surface area contributed by atoms with Gasteiger partial charge in [-0.2, -0.15) is 0 Å². The van der Waals surface area contributed by atoms with Crippen molar-refractivity contribution in [2.24, 2.45) is 5.73 Å². The molecule has 0 aliphatic carbocycles. The molecular formula is C14H15ClFN5O. The normalized spacial score (nSPS) is 18.7. The van der Waals surface area contributed by atoms with Gasteiger partial charge in [-0.3, -0.25) is 9.69 Å². The monoisotopic (exact) mass is 323 g/mol. The molecule has 2 aromatic rings. The average Bonchev–Trinajstić information content (AvgIpc) is 3.11. The summed E-state index contributed by atoms with van der Waals surface area (Å²) in [5, 5.41) is 7.82. The Bertz CT molecular complexity index is 704. The highest BCUT2D eigenvalue weighted by Crippen LogP contribution is 2.23. The highest BCUT2D eigenvalue weighted by atomic mass is 35.5. The maximum absolute atomic E-state index is 13.5. The van der Waals surface area contributed by atoms with Gasteiger partial charge < -0.3 is 5.73 Å². The number of hydrogen-bond donors (Lipinski definition) is 1. The number of aromatic nitrogens is 3. The van der Waals surface area contributed by atoms with Crippen molar-refractivity contribution in [3.05, 3.63) is 46.5 Å². The molecular weight excluding hydrogens is 309 g/mol. The van der Waals surface area contributed by atoms with Crippen LogP contribution in [0.15, 0.2) is 24.4 Å². The molecule has 0 bridgehead atoms. The van der Waals surface area contributed by atoms with E-state index in [2.05, 4.69) is 15.2 Å². The number of benzene rings is 1. The van der Waals surface area contributed by atoms with Crippen LogP contribution in [-0.4, -0.2) is 38.9 Å². The van der Waals surface area contributed by atoms with Crippen LogP contribution in [0, 0.1) is 5.82 Å². The first-order valence-electron chi connectivity index (χ1n) is 6.91. The van der Waals surface area contributed by atoms with Crippen LogP contribution in [-0.2, 0) is 6.54 Å².